The fourth-order valence-electron chi connectivity index (χ4n) is 3.73. The summed E-state index contributed by atoms with van der Waals surface area (Å²) in [6.07, 6.45) is 4.90. The fourth-order valence-corrected chi connectivity index (χ4v) is 3.73. The van der Waals surface area contributed by atoms with E-state index < -0.39 is 0 Å². The molecule has 0 bridgehead atoms. The van der Waals surface area contributed by atoms with Gasteiger partial charge in [0.05, 0.1) is 5.69 Å². The first-order chi connectivity index (χ1) is 12.2. The second kappa shape index (κ2) is 6.33. The Morgan fingerprint density at radius 2 is 2.20 bits per heavy atom. The molecule has 0 spiro atoms. The van der Waals surface area contributed by atoms with E-state index in [4.69, 9.17) is 0 Å². The molecule has 3 aromatic rings. The molecule has 25 heavy (non-hydrogen) atoms. The van der Waals surface area contributed by atoms with E-state index in [0.29, 0.717) is 5.82 Å². The zero-order chi connectivity index (χ0) is 17.4. The maximum absolute atomic E-state index is 12.1. The first-order valence-electron chi connectivity index (χ1n) is 8.64. The van der Waals surface area contributed by atoms with E-state index in [9.17, 15) is 4.79 Å². The van der Waals surface area contributed by atoms with Crippen LogP contribution in [0.1, 0.15) is 22.6 Å². The molecule has 128 valence electrons. The van der Waals surface area contributed by atoms with Gasteiger partial charge in [-0.05, 0) is 25.0 Å². The van der Waals surface area contributed by atoms with Gasteiger partial charge in [-0.25, -0.2) is 4.98 Å². The Bertz CT molecular complexity index is 999. The number of aromatic nitrogens is 3. The molecule has 1 N–H and O–H groups in total. The number of rotatable bonds is 4. The first-order valence-corrected chi connectivity index (χ1v) is 8.64. The number of hydrogen-bond donors (Lipinski definition) is 1. The molecule has 0 saturated carbocycles. The summed E-state index contributed by atoms with van der Waals surface area (Å²) >= 11 is 0. The molecule has 0 fully saturated rings. The minimum atomic E-state index is 0.0183. The Morgan fingerprint density at radius 1 is 1.36 bits per heavy atom. The third kappa shape index (κ3) is 2.91. The second-order valence-corrected chi connectivity index (χ2v) is 6.65. The van der Waals surface area contributed by atoms with Gasteiger partial charge in [0.25, 0.3) is 5.56 Å². The topological polar surface area (TPSA) is 53.9 Å². The number of benzene rings is 1. The van der Waals surface area contributed by atoms with Crippen LogP contribution in [0.3, 0.4) is 0 Å². The largest absolute Gasteiger partial charge is 0.343 e. The highest BCUT2D eigenvalue weighted by Gasteiger charge is 2.21. The molecule has 2 aromatic heterocycles. The average Bonchev–Trinajstić information content (AvgIpc) is 2.93. The highest BCUT2D eigenvalue weighted by molar-refractivity contribution is 5.84. The molecule has 1 aromatic carbocycles. The average molecular weight is 334 g/mol. The van der Waals surface area contributed by atoms with Crippen molar-refractivity contribution >= 4 is 10.9 Å². The van der Waals surface area contributed by atoms with Crippen LogP contribution in [-0.4, -0.2) is 26.0 Å². The van der Waals surface area contributed by atoms with Crippen molar-refractivity contribution in [3.05, 3.63) is 76.1 Å². The van der Waals surface area contributed by atoms with Crippen LogP contribution in [0.4, 0.5) is 0 Å². The van der Waals surface area contributed by atoms with Gasteiger partial charge >= 0.3 is 0 Å². The number of fused-ring (bicyclic) bond motifs is 2. The maximum Gasteiger partial charge on any atom is 0.254 e. The van der Waals surface area contributed by atoms with Crippen LogP contribution in [-0.2, 0) is 26.1 Å². The maximum atomic E-state index is 12.1. The minimum absolute atomic E-state index is 0.0183. The zero-order valence-electron chi connectivity index (χ0n) is 14.5. The van der Waals surface area contributed by atoms with Crippen molar-refractivity contribution in [2.24, 2.45) is 0 Å². The second-order valence-electron chi connectivity index (χ2n) is 6.65. The molecule has 0 unspecified atom stereocenters. The predicted octanol–water partition coefficient (Wildman–Crippen LogP) is 2.78. The van der Waals surface area contributed by atoms with Crippen molar-refractivity contribution < 1.29 is 0 Å². The molecule has 5 nitrogen and oxygen atoms in total. The summed E-state index contributed by atoms with van der Waals surface area (Å²) in [5, 5.41) is 1.28. The molecule has 0 atom stereocenters. The van der Waals surface area contributed by atoms with Gasteiger partial charge in [-0.15, -0.1) is 6.58 Å². The summed E-state index contributed by atoms with van der Waals surface area (Å²) in [5.41, 5.74) is 4.32. The van der Waals surface area contributed by atoms with Gasteiger partial charge in [0.1, 0.15) is 5.82 Å². The van der Waals surface area contributed by atoms with Gasteiger partial charge in [-0.2, -0.15) is 0 Å². The summed E-state index contributed by atoms with van der Waals surface area (Å²) in [6.45, 7) is 8.96. The van der Waals surface area contributed by atoms with Gasteiger partial charge < -0.3 is 9.55 Å². The fraction of sp³-hybridized carbons (Fsp3) is 0.300. The summed E-state index contributed by atoms with van der Waals surface area (Å²) in [7, 11) is 0. The lowest BCUT2D eigenvalue weighted by Gasteiger charge is -2.27. The molecule has 1 aliphatic rings. The molecular formula is C20H22N4O. The van der Waals surface area contributed by atoms with Gasteiger partial charge in [-0.3, -0.25) is 9.69 Å². The molecule has 3 heterocycles. The Morgan fingerprint density at radius 3 is 3.04 bits per heavy atom. The van der Waals surface area contributed by atoms with Crippen LogP contribution in [0.5, 0.6) is 0 Å². The van der Waals surface area contributed by atoms with E-state index >= 15 is 0 Å². The van der Waals surface area contributed by atoms with Gasteiger partial charge in [-0.1, -0.05) is 24.3 Å². The van der Waals surface area contributed by atoms with Crippen LogP contribution < -0.4 is 5.56 Å². The van der Waals surface area contributed by atoms with E-state index in [-0.39, 0.29) is 5.56 Å². The molecular weight excluding hydrogens is 312 g/mol. The summed E-state index contributed by atoms with van der Waals surface area (Å²) < 4.78 is 2.24. The monoisotopic (exact) mass is 334 g/mol. The third-order valence-electron chi connectivity index (χ3n) is 4.86. The van der Waals surface area contributed by atoms with Crippen LogP contribution in [0.2, 0.25) is 0 Å². The quantitative estimate of drug-likeness (QED) is 0.747. The number of aryl methyl sites for hydroxylation is 1. The molecule has 0 saturated heterocycles. The number of para-hydroxylation sites is 1. The van der Waals surface area contributed by atoms with Crippen LogP contribution in [0, 0.1) is 6.92 Å². The van der Waals surface area contributed by atoms with Gasteiger partial charge in [0.2, 0.25) is 0 Å². The number of H-pyrrole nitrogens is 1. The highest BCUT2D eigenvalue weighted by atomic mass is 16.1. The Hall–Kier alpha value is -2.66. The van der Waals surface area contributed by atoms with E-state index in [1.165, 1.54) is 16.5 Å². The number of nitrogens with zero attached hydrogens (tertiary/aromatic N) is 3. The number of hydrogen-bond acceptors (Lipinski definition) is 3. The smallest absolute Gasteiger partial charge is 0.254 e. The van der Waals surface area contributed by atoms with Gasteiger partial charge in [0.15, 0.2) is 0 Å². The van der Waals surface area contributed by atoms with Crippen molar-refractivity contribution in [2.75, 3.05) is 6.54 Å². The molecule has 0 aliphatic carbocycles. The lowest BCUT2D eigenvalue weighted by Crippen LogP contribution is -2.35. The normalized spacial score (nSPS) is 14.6. The van der Waals surface area contributed by atoms with Crippen LogP contribution in [0.25, 0.3) is 10.9 Å². The first kappa shape index (κ1) is 15.8. The van der Waals surface area contributed by atoms with Crippen molar-refractivity contribution in [3.63, 3.8) is 0 Å². The van der Waals surface area contributed by atoms with Crippen LogP contribution >= 0.6 is 0 Å². The Labute approximate surface area is 146 Å². The van der Waals surface area contributed by atoms with Crippen molar-refractivity contribution in [3.8, 4) is 0 Å². The van der Waals surface area contributed by atoms with Gasteiger partial charge in [0, 0.05) is 48.8 Å². The third-order valence-corrected chi connectivity index (χ3v) is 4.86. The zero-order valence-corrected chi connectivity index (χ0v) is 14.5. The standard InChI is InChI=1S/C20H22N4O/c1-3-9-24-12-15(16-6-4-5-7-19(16)24)11-23-10-8-17-18(13-23)21-14(2)22-20(17)25/h3-7,12H,1,8-11,13H2,2H3,(H,21,22,25). The number of aromatic amines is 1. The summed E-state index contributed by atoms with van der Waals surface area (Å²) in [5.74, 6) is 0.688. The van der Waals surface area contributed by atoms with E-state index in [2.05, 4.69) is 56.5 Å². The Kier molecular flexibility index (Phi) is 4.01. The van der Waals surface area contributed by atoms with E-state index in [1.807, 2.05) is 13.0 Å². The lowest BCUT2D eigenvalue weighted by atomic mass is 10.1. The Balaban J connectivity index is 1.64. The van der Waals surface area contributed by atoms with E-state index in [0.717, 1.165) is 43.9 Å². The van der Waals surface area contributed by atoms with Crippen molar-refractivity contribution in [1.82, 2.24) is 19.4 Å². The highest BCUT2D eigenvalue weighted by Crippen LogP contribution is 2.24. The summed E-state index contributed by atoms with van der Waals surface area (Å²) in [4.78, 5) is 21.8. The molecule has 5 heteroatoms. The van der Waals surface area contributed by atoms with Crippen molar-refractivity contribution in [1.29, 1.82) is 0 Å². The SMILES string of the molecule is C=CCn1cc(CN2CCc3c(nc(C)[nH]c3=O)C2)c2ccccc21. The number of allylic oxidation sites excluding steroid dienone is 1. The predicted molar refractivity (Wildman–Crippen MR) is 99.5 cm³/mol. The minimum Gasteiger partial charge on any atom is -0.343 e. The molecule has 0 amide bonds. The number of nitrogens with one attached hydrogen (secondary N) is 1. The van der Waals surface area contributed by atoms with E-state index in [1.54, 1.807) is 0 Å². The van der Waals surface area contributed by atoms with Crippen molar-refractivity contribution in [2.45, 2.75) is 33.0 Å². The van der Waals surface area contributed by atoms with Crippen LogP contribution in [0.15, 0.2) is 47.9 Å². The summed E-state index contributed by atoms with van der Waals surface area (Å²) in [6, 6.07) is 8.48. The lowest BCUT2D eigenvalue weighted by molar-refractivity contribution is 0.241. The molecule has 4 rings (SSSR count). The molecule has 1 aliphatic heterocycles. The molecule has 0 radical (unpaired) electrons.